The quantitative estimate of drug-likeness (QED) is 0.810. The highest BCUT2D eigenvalue weighted by molar-refractivity contribution is 7.09. The molecule has 0 aliphatic rings. The Hall–Kier alpha value is -1.48. The normalized spacial score (nSPS) is 10.3. The molecule has 82 valence electrons. The maximum absolute atomic E-state index is 11.8. The largest absolute Gasteiger partial charge is 0.299 e. The van der Waals surface area contributed by atoms with E-state index >= 15 is 0 Å². The molecule has 0 fully saturated rings. The first-order chi connectivity index (χ1) is 7.75. The minimum absolute atomic E-state index is 0.226. The highest BCUT2D eigenvalue weighted by atomic mass is 32.1. The van der Waals surface area contributed by atoms with Crippen molar-refractivity contribution in [3.8, 4) is 0 Å². The number of Topliss-reactive ketones (excluding diaryl/α,β-unsaturated/α-hetero) is 1. The van der Waals surface area contributed by atoms with Crippen LogP contribution in [0.1, 0.15) is 16.1 Å². The van der Waals surface area contributed by atoms with Crippen molar-refractivity contribution in [3.05, 3.63) is 52.0 Å². The number of hydrogen-bond acceptors (Lipinski definition) is 3. The summed E-state index contributed by atoms with van der Waals surface area (Å²) in [4.78, 5) is 15.9. The van der Waals surface area contributed by atoms with Crippen molar-refractivity contribution in [1.82, 2.24) is 4.98 Å². The van der Waals surface area contributed by atoms with Crippen LogP contribution in [0.25, 0.3) is 0 Å². The van der Waals surface area contributed by atoms with Crippen molar-refractivity contribution >= 4 is 17.1 Å². The number of benzene rings is 1. The van der Waals surface area contributed by atoms with Gasteiger partial charge in [0.25, 0.3) is 0 Å². The summed E-state index contributed by atoms with van der Waals surface area (Å²) in [5.41, 5.74) is 2.29. The number of hydrogen-bond donors (Lipinski definition) is 0. The van der Waals surface area contributed by atoms with E-state index in [-0.39, 0.29) is 5.78 Å². The van der Waals surface area contributed by atoms with E-state index < -0.39 is 0 Å². The van der Waals surface area contributed by atoms with Gasteiger partial charge in [0.2, 0.25) is 0 Å². The van der Waals surface area contributed by atoms with Crippen LogP contribution in [0.5, 0.6) is 0 Å². The van der Waals surface area contributed by atoms with E-state index in [4.69, 9.17) is 0 Å². The van der Waals surface area contributed by atoms with Crippen molar-refractivity contribution in [1.29, 1.82) is 0 Å². The molecule has 2 nitrogen and oxygen atoms in total. The van der Waals surface area contributed by atoms with Gasteiger partial charge in [-0.2, -0.15) is 0 Å². The first-order valence-electron chi connectivity index (χ1n) is 5.20. The summed E-state index contributed by atoms with van der Waals surface area (Å²) >= 11 is 1.53. The first-order valence-corrected chi connectivity index (χ1v) is 6.08. The molecule has 0 saturated heterocycles. The van der Waals surface area contributed by atoms with Crippen LogP contribution in [0, 0.1) is 6.92 Å². The highest BCUT2D eigenvalue weighted by Crippen LogP contribution is 2.11. The lowest BCUT2D eigenvalue weighted by Crippen LogP contribution is -2.07. The molecule has 0 spiro atoms. The smallest absolute Gasteiger partial charge is 0.144 e. The van der Waals surface area contributed by atoms with E-state index in [0.29, 0.717) is 12.8 Å². The van der Waals surface area contributed by atoms with Gasteiger partial charge < -0.3 is 0 Å². The fourth-order valence-corrected chi connectivity index (χ4v) is 2.24. The number of aromatic nitrogens is 1. The maximum atomic E-state index is 11.8. The van der Waals surface area contributed by atoms with Gasteiger partial charge in [-0.1, -0.05) is 24.3 Å². The molecule has 0 unspecified atom stereocenters. The minimum Gasteiger partial charge on any atom is -0.299 e. The van der Waals surface area contributed by atoms with E-state index in [1.165, 1.54) is 16.9 Å². The molecule has 0 amide bonds. The Morgan fingerprint density at radius 3 is 2.81 bits per heavy atom. The standard InChI is InChI=1S/C13H13NOS/c1-10-4-2-3-5-11(10)8-12(15)9-13-14-6-7-16-13/h2-7H,8-9H2,1H3. The number of thiazole rings is 1. The third-order valence-corrected chi connectivity index (χ3v) is 3.26. The zero-order valence-corrected chi connectivity index (χ0v) is 9.96. The molecule has 1 aromatic heterocycles. The van der Waals surface area contributed by atoms with E-state index in [2.05, 4.69) is 4.98 Å². The van der Waals surface area contributed by atoms with Crippen molar-refractivity contribution in [3.63, 3.8) is 0 Å². The number of ketones is 1. The van der Waals surface area contributed by atoms with Gasteiger partial charge in [-0.3, -0.25) is 4.79 Å². The Kier molecular flexibility index (Phi) is 3.47. The molecule has 0 bridgehead atoms. The van der Waals surface area contributed by atoms with Crippen LogP contribution in [0.15, 0.2) is 35.8 Å². The van der Waals surface area contributed by atoms with Gasteiger partial charge in [0, 0.05) is 18.0 Å². The summed E-state index contributed by atoms with van der Waals surface area (Å²) in [6.07, 6.45) is 2.69. The lowest BCUT2D eigenvalue weighted by atomic mass is 10.0. The Labute approximate surface area is 99.0 Å². The maximum Gasteiger partial charge on any atom is 0.144 e. The van der Waals surface area contributed by atoms with Gasteiger partial charge in [-0.25, -0.2) is 4.98 Å². The molecule has 0 saturated carbocycles. The molecule has 1 aromatic carbocycles. The Balaban J connectivity index is 2.00. The van der Waals surface area contributed by atoms with Crippen molar-refractivity contribution < 1.29 is 4.79 Å². The van der Waals surface area contributed by atoms with Gasteiger partial charge in [0.1, 0.15) is 5.78 Å². The number of nitrogens with zero attached hydrogens (tertiary/aromatic N) is 1. The van der Waals surface area contributed by atoms with Gasteiger partial charge >= 0.3 is 0 Å². The Bertz CT molecular complexity index is 476. The zero-order valence-electron chi connectivity index (χ0n) is 9.14. The lowest BCUT2D eigenvalue weighted by molar-refractivity contribution is -0.117. The number of carbonyl (C=O) groups excluding carboxylic acids is 1. The number of carbonyl (C=O) groups is 1. The predicted molar refractivity (Wildman–Crippen MR) is 65.7 cm³/mol. The van der Waals surface area contributed by atoms with Crippen LogP contribution >= 0.6 is 11.3 Å². The molecule has 0 aliphatic carbocycles. The van der Waals surface area contributed by atoms with Crippen LogP contribution in [0.4, 0.5) is 0 Å². The van der Waals surface area contributed by atoms with Crippen molar-refractivity contribution in [2.45, 2.75) is 19.8 Å². The topological polar surface area (TPSA) is 30.0 Å². The second-order valence-electron chi connectivity index (χ2n) is 3.74. The second-order valence-corrected chi connectivity index (χ2v) is 4.72. The molecule has 0 atom stereocenters. The molecule has 16 heavy (non-hydrogen) atoms. The third-order valence-electron chi connectivity index (χ3n) is 2.48. The van der Waals surface area contributed by atoms with Gasteiger partial charge in [0.15, 0.2) is 0 Å². The van der Waals surface area contributed by atoms with Crippen LogP contribution in [-0.4, -0.2) is 10.8 Å². The van der Waals surface area contributed by atoms with E-state index in [1.54, 1.807) is 6.20 Å². The minimum atomic E-state index is 0.226. The van der Waals surface area contributed by atoms with Crippen LogP contribution in [-0.2, 0) is 17.6 Å². The van der Waals surface area contributed by atoms with Crippen LogP contribution in [0.2, 0.25) is 0 Å². The fourth-order valence-electron chi connectivity index (χ4n) is 1.59. The molecule has 0 aliphatic heterocycles. The third kappa shape index (κ3) is 2.76. The predicted octanol–water partition coefficient (Wildman–Crippen LogP) is 2.81. The van der Waals surface area contributed by atoms with Gasteiger partial charge in [-0.05, 0) is 18.1 Å². The van der Waals surface area contributed by atoms with Crippen LogP contribution in [0.3, 0.4) is 0 Å². The van der Waals surface area contributed by atoms with Crippen molar-refractivity contribution in [2.24, 2.45) is 0 Å². The Morgan fingerprint density at radius 2 is 2.12 bits per heavy atom. The summed E-state index contributed by atoms with van der Waals surface area (Å²) in [6.45, 7) is 2.03. The summed E-state index contributed by atoms with van der Waals surface area (Å²) in [5, 5.41) is 2.80. The average Bonchev–Trinajstić information content (AvgIpc) is 2.74. The van der Waals surface area contributed by atoms with Crippen molar-refractivity contribution in [2.75, 3.05) is 0 Å². The molecule has 1 heterocycles. The lowest BCUT2D eigenvalue weighted by Gasteiger charge is -2.03. The monoisotopic (exact) mass is 231 g/mol. The molecule has 2 rings (SSSR count). The van der Waals surface area contributed by atoms with Gasteiger partial charge in [0.05, 0.1) is 11.4 Å². The molecule has 2 aromatic rings. The summed E-state index contributed by atoms with van der Waals surface area (Å²) in [7, 11) is 0. The van der Waals surface area contributed by atoms with E-state index in [9.17, 15) is 4.79 Å². The summed E-state index contributed by atoms with van der Waals surface area (Å²) in [6, 6.07) is 8.00. The number of aryl methyl sites for hydroxylation is 1. The van der Waals surface area contributed by atoms with Crippen LogP contribution < -0.4 is 0 Å². The molecule has 0 radical (unpaired) electrons. The molecular weight excluding hydrogens is 218 g/mol. The molecule has 0 N–H and O–H groups in total. The summed E-state index contributed by atoms with van der Waals surface area (Å²) in [5.74, 6) is 0.226. The van der Waals surface area contributed by atoms with Gasteiger partial charge in [-0.15, -0.1) is 11.3 Å². The number of rotatable bonds is 4. The zero-order chi connectivity index (χ0) is 11.4. The van der Waals surface area contributed by atoms with E-state index in [1.807, 2.05) is 36.6 Å². The average molecular weight is 231 g/mol. The Morgan fingerprint density at radius 1 is 1.31 bits per heavy atom. The first kappa shape index (κ1) is 11.0. The van der Waals surface area contributed by atoms with E-state index in [0.717, 1.165) is 10.6 Å². The fraction of sp³-hybridized carbons (Fsp3) is 0.231. The molecular formula is C13H13NOS. The molecule has 3 heteroatoms. The highest BCUT2D eigenvalue weighted by Gasteiger charge is 2.08. The SMILES string of the molecule is Cc1ccccc1CC(=O)Cc1nccs1. The summed E-state index contributed by atoms with van der Waals surface area (Å²) < 4.78 is 0. The second kappa shape index (κ2) is 5.03.